The Labute approximate surface area is 209 Å². The van der Waals surface area contributed by atoms with E-state index in [0.29, 0.717) is 23.3 Å². The van der Waals surface area contributed by atoms with Crippen molar-refractivity contribution in [2.75, 3.05) is 7.05 Å². The van der Waals surface area contributed by atoms with Crippen molar-refractivity contribution < 1.29 is 41.0 Å². The maximum Gasteiger partial charge on any atom is 0.416 e. The lowest BCUT2D eigenvalue weighted by atomic mass is 9.82. The van der Waals surface area contributed by atoms with Gasteiger partial charge in [0.05, 0.1) is 11.1 Å². The van der Waals surface area contributed by atoms with Gasteiger partial charge in [-0.2, -0.15) is 26.3 Å². The molecule has 0 fully saturated rings. The Morgan fingerprint density at radius 2 is 1.22 bits per heavy atom. The summed E-state index contributed by atoms with van der Waals surface area (Å²) in [5.41, 5.74) is -2.62. The lowest BCUT2D eigenvalue weighted by molar-refractivity contribution is -0.143. The zero-order valence-electron chi connectivity index (χ0n) is 19.6. The minimum Gasteiger partial charge on any atom is -0.481 e. The van der Waals surface area contributed by atoms with Crippen molar-refractivity contribution in [1.29, 1.82) is 0 Å². The first-order valence-corrected chi connectivity index (χ1v) is 11.2. The molecular weight excluding hydrogens is 500 g/mol. The van der Waals surface area contributed by atoms with E-state index in [-0.39, 0.29) is 18.9 Å². The average molecular weight is 523 g/mol. The number of carboxylic acid groups (broad SMARTS) is 1. The van der Waals surface area contributed by atoms with Gasteiger partial charge in [-0.3, -0.25) is 9.59 Å². The Morgan fingerprint density at radius 1 is 0.784 bits per heavy atom. The van der Waals surface area contributed by atoms with Gasteiger partial charge >= 0.3 is 18.3 Å². The van der Waals surface area contributed by atoms with Gasteiger partial charge in [0, 0.05) is 31.0 Å². The number of carboxylic acids is 1. The van der Waals surface area contributed by atoms with Crippen LogP contribution in [0.5, 0.6) is 0 Å². The molecule has 0 bridgehead atoms. The van der Waals surface area contributed by atoms with Gasteiger partial charge in [-0.25, -0.2) is 0 Å². The topological polar surface area (TPSA) is 57.6 Å². The second kappa shape index (κ2) is 11.1. The first kappa shape index (κ1) is 27.8. The van der Waals surface area contributed by atoms with Crippen LogP contribution in [0.4, 0.5) is 26.3 Å². The lowest BCUT2D eigenvalue weighted by Crippen LogP contribution is -2.42. The highest BCUT2D eigenvalue weighted by molar-refractivity contribution is 5.95. The standard InChI is InChI=1S/C27H23F6NO3/c1-34(25(37)19-14-20(26(28,29)30)16-21(15-19)27(31,32)33)22(12-13-23(35)36)24(17-8-4-2-5-9-17)18-10-6-3-7-11-18/h2-11,14-16,22,24H,12-13H2,1H3,(H,35,36). The molecule has 0 saturated carbocycles. The summed E-state index contributed by atoms with van der Waals surface area (Å²) in [5, 5.41) is 9.32. The van der Waals surface area contributed by atoms with Crippen molar-refractivity contribution in [3.05, 3.63) is 107 Å². The van der Waals surface area contributed by atoms with E-state index in [2.05, 4.69) is 0 Å². The Morgan fingerprint density at radius 3 is 1.59 bits per heavy atom. The predicted octanol–water partition coefficient (Wildman–Crippen LogP) is 6.86. The number of hydrogen-bond acceptors (Lipinski definition) is 2. The van der Waals surface area contributed by atoms with Crippen LogP contribution < -0.4 is 0 Å². The molecule has 0 radical (unpaired) electrons. The number of aliphatic carboxylic acids is 1. The van der Waals surface area contributed by atoms with Gasteiger partial charge in [-0.1, -0.05) is 60.7 Å². The molecule has 0 aromatic heterocycles. The number of carbonyl (C=O) groups is 2. The van der Waals surface area contributed by atoms with Gasteiger partial charge < -0.3 is 10.0 Å². The van der Waals surface area contributed by atoms with Gasteiger partial charge in [0.1, 0.15) is 0 Å². The normalized spacial score (nSPS) is 12.9. The molecule has 37 heavy (non-hydrogen) atoms. The third kappa shape index (κ3) is 6.90. The van der Waals surface area contributed by atoms with E-state index in [1.807, 2.05) is 0 Å². The lowest BCUT2D eigenvalue weighted by Gasteiger charge is -2.35. The van der Waals surface area contributed by atoms with E-state index in [9.17, 15) is 41.0 Å². The Bertz CT molecular complexity index is 1150. The van der Waals surface area contributed by atoms with Crippen LogP contribution in [0.2, 0.25) is 0 Å². The van der Waals surface area contributed by atoms with Gasteiger partial charge in [0.15, 0.2) is 0 Å². The predicted molar refractivity (Wildman–Crippen MR) is 124 cm³/mol. The fourth-order valence-corrected chi connectivity index (χ4v) is 4.25. The fraction of sp³-hybridized carbons (Fsp3) is 0.259. The highest BCUT2D eigenvalue weighted by Crippen LogP contribution is 2.38. The molecule has 3 aromatic carbocycles. The summed E-state index contributed by atoms with van der Waals surface area (Å²) in [4.78, 5) is 25.8. The summed E-state index contributed by atoms with van der Waals surface area (Å²) in [6.45, 7) is 0. The molecule has 1 amide bonds. The van der Waals surface area contributed by atoms with Crippen LogP contribution in [0.3, 0.4) is 0 Å². The van der Waals surface area contributed by atoms with Crippen molar-refractivity contribution in [2.45, 2.75) is 37.2 Å². The monoisotopic (exact) mass is 523 g/mol. The summed E-state index contributed by atoms with van der Waals surface area (Å²) in [5.74, 6) is -2.86. The summed E-state index contributed by atoms with van der Waals surface area (Å²) < 4.78 is 80.3. The number of rotatable bonds is 8. The number of alkyl halides is 6. The van der Waals surface area contributed by atoms with Gasteiger partial charge in [0.2, 0.25) is 0 Å². The number of nitrogens with zero attached hydrogens (tertiary/aromatic N) is 1. The average Bonchev–Trinajstić information content (AvgIpc) is 2.85. The molecule has 4 nitrogen and oxygen atoms in total. The zero-order chi connectivity index (χ0) is 27.4. The van der Waals surface area contributed by atoms with Crippen LogP contribution in [0.1, 0.15) is 51.4 Å². The molecule has 3 rings (SSSR count). The number of amides is 1. The molecule has 0 aliphatic heterocycles. The first-order valence-electron chi connectivity index (χ1n) is 11.2. The molecule has 0 heterocycles. The molecule has 0 aliphatic rings. The van der Waals surface area contributed by atoms with Crippen molar-refractivity contribution in [2.24, 2.45) is 0 Å². The van der Waals surface area contributed by atoms with Crippen LogP contribution >= 0.6 is 0 Å². The van der Waals surface area contributed by atoms with Crippen LogP contribution in [0.25, 0.3) is 0 Å². The maximum absolute atomic E-state index is 13.4. The number of benzene rings is 3. The number of halogens is 6. The molecule has 1 N–H and O–H groups in total. The van der Waals surface area contributed by atoms with E-state index in [1.54, 1.807) is 60.7 Å². The molecule has 1 atom stereocenters. The number of carbonyl (C=O) groups excluding carboxylic acids is 1. The fourth-order valence-electron chi connectivity index (χ4n) is 4.25. The van der Waals surface area contributed by atoms with Gasteiger partial charge in [0.25, 0.3) is 5.91 Å². The summed E-state index contributed by atoms with van der Waals surface area (Å²) in [6, 6.07) is 17.3. The smallest absolute Gasteiger partial charge is 0.416 e. The molecule has 0 saturated heterocycles. The Kier molecular flexibility index (Phi) is 8.30. The molecule has 0 spiro atoms. The maximum atomic E-state index is 13.4. The van der Waals surface area contributed by atoms with Crippen molar-refractivity contribution in [1.82, 2.24) is 4.90 Å². The SMILES string of the molecule is CN(C(=O)c1cc(C(F)(F)F)cc(C(F)(F)F)c1)C(CCC(=O)O)C(c1ccccc1)c1ccccc1. The third-order valence-corrected chi connectivity index (χ3v) is 6.01. The molecular formula is C27H23F6NO3. The zero-order valence-corrected chi connectivity index (χ0v) is 19.6. The van der Waals surface area contributed by atoms with Crippen molar-refractivity contribution in [3.63, 3.8) is 0 Å². The summed E-state index contributed by atoms with van der Waals surface area (Å²) >= 11 is 0. The van der Waals surface area contributed by atoms with Crippen LogP contribution in [-0.2, 0) is 17.1 Å². The Balaban J connectivity index is 2.13. The first-order chi connectivity index (χ1) is 17.3. The molecule has 196 valence electrons. The van der Waals surface area contributed by atoms with Crippen molar-refractivity contribution in [3.8, 4) is 0 Å². The van der Waals surface area contributed by atoms with E-state index >= 15 is 0 Å². The second-order valence-electron chi connectivity index (χ2n) is 8.51. The molecule has 3 aromatic rings. The van der Waals surface area contributed by atoms with E-state index in [1.165, 1.54) is 7.05 Å². The van der Waals surface area contributed by atoms with E-state index < -0.39 is 52.9 Å². The quantitative estimate of drug-likeness (QED) is 0.328. The number of likely N-dealkylation sites (N-methyl/N-ethyl adjacent to an activating group) is 1. The number of hydrogen-bond donors (Lipinski definition) is 1. The Hall–Kier alpha value is -3.82. The van der Waals surface area contributed by atoms with Crippen LogP contribution in [0, 0.1) is 0 Å². The van der Waals surface area contributed by atoms with E-state index in [4.69, 9.17) is 0 Å². The minimum absolute atomic E-state index is 0.0462. The second-order valence-corrected chi connectivity index (χ2v) is 8.51. The van der Waals surface area contributed by atoms with Crippen LogP contribution in [0.15, 0.2) is 78.9 Å². The minimum atomic E-state index is -5.12. The van der Waals surface area contributed by atoms with E-state index in [0.717, 1.165) is 4.90 Å². The highest BCUT2D eigenvalue weighted by atomic mass is 19.4. The van der Waals surface area contributed by atoms with Crippen molar-refractivity contribution >= 4 is 11.9 Å². The largest absolute Gasteiger partial charge is 0.481 e. The molecule has 10 heteroatoms. The summed E-state index contributed by atoms with van der Waals surface area (Å²) in [7, 11) is 1.25. The molecule has 1 unspecified atom stereocenters. The highest BCUT2D eigenvalue weighted by Gasteiger charge is 2.39. The molecule has 0 aliphatic carbocycles. The van der Waals surface area contributed by atoms with Gasteiger partial charge in [-0.15, -0.1) is 0 Å². The third-order valence-electron chi connectivity index (χ3n) is 6.01. The summed E-state index contributed by atoms with van der Waals surface area (Å²) in [6.07, 6.45) is -10.7. The van der Waals surface area contributed by atoms with Gasteiger partial charge in [-0.05, 0) is 35.7 Å². The van der Waals surface area contributed by atoms with Crippen LogP contribution in [-0.4, -0.2) is 35.0 Å².